The molecule has 3 aromatic rings. The highest BCUT2D eigenvalue weighted by atomic mass is 19.3. The van der Waals surface area contributed by atoms with Gasteiger partial charge in [0.25, 0.3) is 6.43 Å². The minimum Gasteiger partial charge on any atom is -0.365 e. The van der Waals surface area contributed by atoms with E-state index in [9.17, 15) is 8.78 Å². The van der Waals surface area contributed by atoms with E-state index in [4.69, 9.17) is 0 Å². The number of aromatic nitrogens is 6. The van der Waals surface area contributed by atoms with Crippen molar-refractivity contribution in [2.24, 2.45) is 0 Å². The molecule has 0 aromatic carbocycles. The summed E-state index contributed by atoms with van der Waals surface area (Å²) in [6.45, 7) is 6.44. The Kier molecular flexibility index (Phi) is 4.53. The van der Waals surface area contributed by atoms with Crippen LogP contribution >= 0.6 is 0 Å². The van der Waals surface area contributed by atoms with Crippen LogP contribution in [0.15, 0.2) is 6.33 Å². The molecule has 1 aliphatic carbocycles. The van der Waals surface area contributed by atoms with Gasteiger partial charge in [-0.3, -0.25) is 5.10 Å². The number of alkyl halides is 2. The van der Waals surface area contributed by atoms with Crippen molar-refractivity contribution in [1.82, 2.24) is 29.7 Å². The van der Waals surface area contributed by atoms with Crippen LogP contribution in [0, 0.1) is 0 Å². The Bertz CT molecular complexity index is 960. The summed E-state index contributed by atoms with van der Waals surface area (Å²) in [7, 11) is 0. The third kappa shape index (κ3) is 3.04. The molecule has 0 aliphatic heterocycles. The van der Waals surface area contributed by atoms with Crippen LogP contribution in [-0.2, 0) is 19.4 Å². The van der Waals surface area contributed by atoms with Gasteiger partial charge in [0.2, 0.25) is 0 Å². The topological polar surface area (TPSA) is 84.3 Å². The summed E-state index contributed by atoms with van der Waals surface area (Å²) in [6.07, 6.45) is 1.38. The molecule has 3 heterocycles. The van der Waals surface area contributed by atoms with Crippen molar-refractivity contribution in [3.63, 3.8) is 0 Å². The molecule has 1 aliphatic rings. The summed E-state index contributed by atoms with van der Waals surface area (Å²) < 4.78 is 28.1. The van der Waals surface area contributed by atoms with Gasteiger partial charge < -0.3 is 9.88 Å². The quantitative estimate of drug-likeness (QED) is 0.712. The maximum absolute atomic E-state index is 13.3. The fourth-order valence-electron chi connectivity index (χ4n) is 3.85. The molecule has 2 N–H and O–H groups in total. The highest BCUT2D eigenvalue weighted by Gasteiger charge is 2.27. The molecular weight excluding hydrogens is 352 g/mol. The first-order valence-corrected chi connectivity index (χ1v) is 9.31. The molecule has 0 spiro atoms. The first-order valence-electron chi connectivity index (χ1n) is 9.31. The van der Waals surface area contributed by atoms with Crippen molar-refractivity contribution in [1.29, 1.82) is 0 Å². The molecule has 27 heavy (non-hydrogen) atoms. The molecule has 0 radical (unpaired) electrons. The highest BCUT2D eigenvalue weighted by molar-refractivity contribution is 5.83. The molecule has 3 aromatic heterocycles. The van der Waals surface area contributed by atoms with Gasteiger partial charge in [-0.05, 0) is 37.7 Å². The zero-order valence-electron chi connectivity index (χ0n) is 15.6. The van der Waals surface area contributed by atoms with Crippen LogP contribution < -0.4 is 5.32 Å². The van der Waals surface area contributed by atoms with E-state index in [1.807, 2.05) is 0 Å². The van der Waals surface area contributed by atoms with Gasteiger partial charge in [0.15, 0.2) is 22.8 Å². The van der Waals surface area contributed by atoms with Crippen LogP contribution in [-0.4, -0.2) is 35.8 Å². The molecule has 0 amide bonds. The van der Waals surface area contributed by atoms with E-state index >= 15 is 0 Å². The fourth-order valence-corrected chi connectivity index (χ4v) is 3.85. The Labute approximate surface area is 155 Å². The molecule has 1 unspecified atom stereocenters. The number of halogens is 2. The lowest BCUT2D eigenvalue weighted by Crippen LogP contribution is -2.28. The Hall–Kier alpha value is -2.58. The molecule has 7 nitrogen and oxygen atoms in total. The maximum atomic E-state index is 13.3. The van der Waals surface area contributed by atoms with Crippen LogP contribution in [0.1, 0.15) is 62.3 Å². The summed E-state index contributed by atoms with van der Waals surface area (Å²) in [5.74, 6) is 0.597. The molecule has 144 valence electrons. The zero-order chi connectivity index (χ0) is 19.1. The number of hydrogen-bond donors (Lipinski definition) is 2. The number of H-pyrrole nitrogens is 1. The van der Waals surface area contributed by atoms with Gasteiger partial charge in [-0.15, -0.1) is 0 Å². The average molecular weight is 375 g/mol. The SMILES string of the molecule is CCn1c(C(F)F)nc2c(NC3CCc4[nH]nc(C(C)C)c4C3)ncnc21. The maximum Gasteiger partial charge on any atom is 0.295 e. The number of aryl methyl sites for hydroxylation is 2. The average Bonchev–Trinajstić information content (AvgIpc) is 3.23. The van der Waals surface area contributed by atoms with Gasteiger partial charge in [0.1, 0.15) is 6.33 Å². The van der Waals surface area contributed by atoms with Crippen molar-refractivity contribution < 1.29 is 8.78 Å². The monoisotopic (exact) mass is 375 g/mol. The predicted molar refractivity (Wildman–Crippen MR) is 98.1 cm³/mol. The molecule has 0 bridgehead atoms. The standard InChI is InChI=1S/C18H23F2N7/c1-4-27-17-14(24-18(27)15(19)20)16(21-8-22-17)23-10-5-6-12-11(7-10)13(9(2)3)26-25-12/h8-10,15H,4-7H2,1-3H3,(H,25,26)(H,21,22,23). The van der Waals surface area contributed by atoms with Crippen molar-refractivity contribution in [2.75, 3.05) is 5.32 Å². The van der Waals surface area contributed by atoms with E-state index < -0.39 is 6.43 Å². The van der Waals surface area contributed by atoms with Crippen molar-refractivity contribution in [3.8, 4) is 0 Å². The van der Waals surface area contributed by atoms with Gasteiger partial charge in [-0.25, -0.2) is 23.7 Å². The fraction of sp³-hybridized carbons (Fsp3) is 0.556. The highest BCUT2D eigenvalue weighted by Crippen LogP contribution is 2.30. The van der Waals surface area contributed by atoms with Gasteiger partial charge in [0, 0.05) is 18.3 Å². The van der Waals surface area contributed by atoms with Crippen molar-refractivity contribution in [3.05, 3.63) is 29.1 Å². The molecule has 4 rings (SSSR count). The number of nitrogens with zero attached hydrogens (tertiary/aromatic N) is 5. The first kappa shape index (κ1) is 17.8. The third-order valence-electron chi connectivity index (χ3n) is 5.14. The lowest BCUT2D eigenvalue weighted by Gasteiger charge is -2.24. The van der Waals surface area contributed by atoms with Crippen LogP contribution in [0.5, 0.6) is 0 Å². The van der Waals surface area contributed by atoms with Gasteiger partial charge >= 0.3 is 0 Å². The van der Waals surface area contributed by atoms with Crippen molar-refractivity contribution in [2.45, 2.75) is 65.0 Å². The first-order chi connectivity index (χ1) is 13.0. The Morgan fingerprint density at radius 3 is 2.85 bits per heavy atom. The third-order valence-corrected chi connectivity index (χ3v) is 5.14. The zero-order valence-corrected chi connectivity index (χ0v) is 15.6. The number of aromatic amines is 1. The largest absolute Gasteiger partial charge is 0.365 e. The number of anilines is 1. The smallest absolute Gasteiger partial charge is 0.295 e. The van der Waals surface area contributed by atoms with Gasteiger partial charge in [-0.2, -0.15) is 5.10 Å². The second-order valence-electron chi connectivity index (χ2n) is 7.21. The Morgan fingerprint density at radius 1 is 1.33 bits per heavy atom. The van der Waals surface area contributed by atoms with E-state index in [1.165, 1.54) is 22.2 Å². The van der Waals surface area contributed by atoms with Crippen LogP contribution in [0.2, 0.25) is 0 Å². The van der Waals surface area contributed by atoms with E-state index in [0.717, 1.165) is 25.0 Å². The number of imidazole rings is 1. The molecule has 0 fully saturated rings. The minimum absolute atomic E-state index is 0.146. The predicted octanol–water partition coefficient (Wildman–Crippen LogP) is 3.60. The van der Waals surface area contributed by atoms with E-state index in [2.05, 4.69) is 44.3 Å². The molecule has 0 saturated carbocycles. The van der Waals surface area contributed by atoms with Crippen LogP contribution in [0.3, 0.4) is 0 Å². The molecule has 9 heteroatoms. The minimum atomic E-state index is -2.65. The van der Waals surface area contributed by atoms with Gasteiger partial charge in [-0.1, -0.05) is 13.8 Å². The second kappa shape index (κ2) is 6.86. The summed E-state index contributed by atoms with van der Waals surface area (Å²) in [5.41, 5.74) is 4.38. The molecule has 0 saturated heterocycles. The van der Waals surface area contributed by atoms with Crippen LogP contribution in [0.25, 0.3) is 11.2 Å². The number of fused-ring (bicyclic) bond motifs is 2. The second-order valence-corrected chi connectivity index (χ2v) is 7.21. The van der Waals surface area contributed by atoms with E-state index in [0.29, 0.717) is 29.4 Å². The van der Waals surface area contributed by atoms with E-state index in [-0.39, 0.29) is 11.9 Å². The van der Waals surface area contributed by atoms with Gasteiger partial charge in [0.05, 0.1) is 5.69 Å². The lowest BCUT2D eigenvalue weighted by atomic mass is 9.89. The number of nitrogens with one attached hydrogen (secondary N) is 2. The molecular formula is C18H23F2N7. The Balaban J connectivity index is 1.65. The van der Waals surface area contributed by atoms with E-state index in [1.54, 1.807) is 6.92 Å². The van der Waals surface area contributed by atoms with Crippen molar-refractivity contribution >= 4 is 17.0 Å². The summed E-state index contributed by atoms with van der Waals surface area (Å²) in [4.78, 5) is 12.6. The van der Waals surface area contributed by atoms with Crippen LogP contribution in [0.4, 0.5) is 14.6 Å². The lowest BCUT2D eigenvalue weighted by molar-refractivity contribution is 0.136. The number of rotatable bonds is 5. The number of hydrogen-bond acceptors (Lipinski definition) is 5. The summed E-state index contributed by atoms with van der Waals surface area (Å²) >= 11 is 0. The molecule has 1 atom stereocenters. The summed E-state index contributed by atoms with van der Waals surface area (Å²) in [5, 5.41) is 11.0. The Morgan fingerprint density at radius 2 is 2.15 bits per heavy atom. The normalized spacial score (nSPS) is 17.1. The summed E-state index contributed by atoms with van der Waals surface area (Å²) in [6, 6.07) is 0.146.